The lowest BCUT2D eigenvalue weighted by Crippen LogP contribution is -2.28. The van der Waals surface area contributed by atoms with Crippen molar-refractivity contribution >= 4 is 22.6 Å². The quantitative estimate of drug-likeness (QED) is 0.195. The van der Waals surface area contributed by atoms with Crippen molar-refractivity contribution < 1.29 is 9.59 Å². The molecule has 0 spiro atoms. The zero-order valence-electron chi connectivity index (χ0n) is 23.7. The van der Waals surface area contributed by atoms with Crippen molar-refractivity contribution in [1.82, 2.24) is 9.88 Å². The van der Waals surface area contributed by atoms with Gasteiger partial charge in [0.25, 0.3) is 5.91 Å². The van der Waals surface area contributed by atoms with Crippen LogP contribution in [-0.4, -0.2) is 16.3 Å². The Morgan fingerprint density at radius 1 is 0.850 bits per heavy atom. The molecular formula is C36H36N2O2. The van der Waals surface area contributed by atoms with E-state index in [1.165, 1.54) is 16.8 Å². The van der Waals surface area contributed by atoms with Crippen LogP contribution in [0.4, 0.5) is 0 Å². The van der Waals surface area contributed by atoms with E-state index in [4.69, 9.17) is 0 Å². The van der Waals surface area contributed by atoms with Gasteiger partial charge in [0, 0.05) is 34.3 Å². The van der Waals surface area contributed by atoms with Crippen LogP contribution < -0.4 is 5.32 Å². The molecule has 0 fully saturated rings. The maximum absolute atomic E-state index is 13.3. The molecule has 0 saturated heterocycles. The molecule has 0 bridgehead atoms. The Morgan fingerprint density at radius 2 is 1.55 bits per heavy atom. The van der Waals surface area contributed by atoms with E-state index in [0.717, 1.165) is 52.5 Å². The highest BCUT2D eigenvalue weighted by Crippen LogP contribution is 2.29. The van der Waals surface area contributed by atoms with Crippen LogP contribution in [0, 0.1) is 13.8 Å². The lowest BCUT2D eigenvalue weighted by molar-refractivity contribution is 0.0933. The summed E-state index contributed by atoms with van der Waals surface area (Å²) < 4.78 is 2.31. The number of carbonyl (C=O) groups excluding carboxylic acids is 2. The molecule has 0 aliphatic carbocycles. The molecule has 0 aliphatic heterocycles. The molecule has 202 valence electrons. The maximum Gasteiger partial charge on any atom is 0.251 e. The molecule has 0 saturated carbocycles. The standard InChI is InChI=1S/C36H36N2O2/c1-5-11-34(29-12-7-6-8-13-29)37-36(40)30-20-21-35-33(22-30)24(2)25(3)38(35)23-27-16-18-28(19-17-27)32-15-10-9-14-31(32)26(4)39/h6-10,12-22,34H,5,11,23H2,1-4H3,(H,37,40)/t34-/m0/s1. The number of hydrogen-bond donors (Lipinski definition) is 1. The van der Waals surface area contributed by atoms with Gasteiger partial charge in [-0.05, 0) is 73.2 Å². The molecule has 1 amide bonds. The van der Waals surface area contributed by atoms with Crippen LogP contribution in [0.2, 0.25) is 0 Å². The molecule has 4 heteroatoms. The van der Waals surface area contributed by atoms with Gasteiger partial charge in [-0.15, -0.1) is 0 Å². The minimum absolute atomic E-state index is 0.00721. The highest BCUT2D eigenvalue weighted by Gasteiger charge is 2.18. The summed E-state index contributed by atoms with van der Waals surface area (Å²) in [5.74, 6) is 0.0222. The lowest BCUT2D eigenvalue weighted by atomic mass is 9.97. The van der Waals surface area contributed by atoms with E-state index in [2.05, 4.69) is 73.1 Å². The van der Waals surface area contributed by atoms with E-state index in [-0.39, 0.29) is 17.7 Å². The van der Waals surface area contributed by atoms with Gasteiger partial charge in [0.15, 0.2) is 5.78 Å². The molecule has 0 aliphatic rings. The Labute approximate surface area is 236 Å². The number of benzene rings is 4. The predicted molar refractivity (Wildman–Crippen MR) is 164 cm³/mol. The molecule has 1 heterocycles. The predicted octanol–water partition coefficient (Wildman–Crippen LogP) is 8.45. The number of nitrogens with zero attached hydrogens (tertiary/aromatic N) is 1. The number of Topliss-reactive ketones (excluding diaryl/α,β-unsaturated/α-hetero) is 1. The average molecular weight is 529 g/mol. The Bertz CT molecular complexity index is 1660. The van der Waals surface area contributed by atoms with E-state index in [0.29, 0.717) is 5.56 Å². The second kappa shape index (κ2) is 11.7. The molecule has 40 heavy (non-hydrogen) atoms. The third kappa shape index (κ3) is 5.48. The number of aryl methyl sites for hydroxylation is 1. The minimum atomic E-state index is -0.0459. The number of rotatable bonds is 9. The zero-order valence-corrected chi connectivity index (χ0v) is 23.7. The minimum Gasteiger partial charge on any atom is -0.345 e. The van der Waals surface area contributed by atoms with E-state index in [9.17, 15) is 9.59 Å². The van der Waals surface area contributed by atoms with E-state index >= 15 is 0 Å². The van der Waals surface area contributed by atoms with Gasteiger partial charge >= 0.3 is 0 Å². The zero-order chi connectivity index (χ0) is 28.2. The Hall–Kier alpha value is -4.44. The summed E-state index contributed by atoms with van der Waals surface area (Å²) in [6, 6.07) is 32.4. The third-order valence-corrected chi connectivity index (χ3v) is 7.90. The second-order valence-electron chi connectivity index (χ2n) is 10.6. The fraction of sp³-hybridized carbons (Fsp3) is 0.222. The number of ketones is 1. The number of nitrogens with one attached hydrogen (secondary N) is 1. The SMILES string of the molecule is CCC[C@H](NC(=O)c1ccc2c(c1)c(C)c(C)n2Cc1ccc(-c2ccccc2C(C)=O)cc1)c1ccccc1. The topological polar surface area (TPSA) is 51.1 Å². The van der Waals surface area contributed by atoms with Crippen LogP contribution in [0.3, 0.4) is 0 Å². The molecule has 1 N–H and O–H groups in total. The summed E-state index contributed by atoms with van der Waals surface area (Å²) in [4.78, 5) is 25.4. The smallest absolute Gasteiger partial charge is 0.251 e. The van der Waals surface area contributed by atoms with Gasteiger partial charge in [-0.25, -0.2) is 0 Å². The summed E-state index contributed by atoms with van der Waals surface area (Å²) >= 11 is 0. The first kappa shape index (κ1) is 27.1. The molecule has 5 rings (SSSR count). The second-order valence-corrected chi connectivity index (χ2v) is 10.6. The average Bonchev–Trinajstić information content (AvgIpc) is 3.22. The van der Waals surface area contributed by atoms with Gasteiger partial charge in [-0.3, -0.25) is 9.59 Å². The summed E-state index contributed by atoms with van der Waals surface area (Å²) in [6.07, 6.45) is 1.88. The van der Waals surface area contributed by atoms with Crippen molar-refractivity contribution in [2.75, 3.05) is 0 Å². The highest BCUT2D eigenvalue weighted by molar-refractivity contribution is 6.01. The molecule has 0 unspecified atom stereocenters. The van der Waals surface area contributed by atoms with Crippen molar-refractivity contribution in [2.24, 2.45) is 0 Å². The number of amides is 1. The largest absolute Gasteiger partial charge is 0.345 e. The van der Waals surface area contributed by atoms with Gasteiger partial charge in [0.2, 0.25) is 0 Å². The lowest BCUT2D eigenvalue weighted by Gasteiger charge is -2.19. The number of carbonyl (C=O) groups is 2. The summed E-state index contributed by atoms with van der Waals surface area (Å²) in [5.41, 5.74) is 9.21. The maximum atomic E-state index is 13.3. The van der Waals surface area contributed by atoms with Crippen molar-refractivity contribution in [3.8, 4) is 11.1 Å². The van der Waals surface area contributed by atoms with Crippen molar-refractivity contribution in [3.63, 3.8) is 0 Å². The number of fused-ring (bicyclic) bond motifs is 1. The van der Waals surface area contributed by atoms with E-state index in [1.54, 1.807) is 6.92 Å². The van der Waals surface area contributed by atoms with Crippen molar-refractivity contribution in [1.29, 1.82) is 0 Å². The molecule has 1 aromatic heterocycles. The first-order chi connectivity index (χ1) is 19.4. The van der Waals surface area contributed by atoms with Gasteiger partial charge in [-0.2, -0.15) is 0 Å². The molecular weight excluding hydrogens is 492 g/mol. The van der Waals surface area contributed by atoms with Crippen LogP contribution in [0.5, 0.6) is 0 Å². The first-order valence-electron chi connectivity index (χ1n) is 14.0. The fourth-order valence-electron chi connectivity index (χ4n) is 5.55. The Kier molecular flexibility index (Phi) is 7.97. The molecule has 1 atom stereocenters. The van der Waals surface area contributed by atoms with Gasteiger partial charge in [0.1, 0.15) is 0 Å². The summed E-state index contributed by atoms with van der Waals surface area (Å²) in [5, 5.41) is 4.36. The van der Waals surface area contributed by atoms with Gasteiger partial charge < -0.3 is 9.88 Å². The monoisotopic (exact) mass is 528 g/mol. The van der Waals surface area contributed by atoms with Crippen LogP contribution in [0.25, 0.3) is 22.0 Å². The molecule has 0 radical (unpaired) electrons. The van der Waals surface area contributed by atoms with Gasteiger partial charge in [-0.1, -0.05) is 92.2 Å². The fourth-order valence-corrected chi connectivity index (χ4v) is 5.55. The van der Waals surface area contributed by atoms with Crippen LogP contribution >= 0.6 is 0 Å². The normalized spacial score (nSPS) is 11.9. The van der Waals surface area contributed by atoms with E-state index in [1.807, 2.05) is 54.6 Å². The van der Waals surface area contributed by atoms with Crippen LogP contribution in [0.1, 0.15) is 75.8 Å². The van der Waals surface area contributed by atoms with Crippen molar-refractivity contribution in [2.45, 2.75) is 53.1 Å². The summed E-state index contributed by atoms with van der Waals surface area (Å²) in [6.45, 7) is 8.74. The molecule has 5 aromatic rings. The number of aromatic nitrogens is 1. The van der Waals surface area contributed by atoms with E-state index < -0.39 is 0 Å². The highest BCUT2D eigenvalue weighted by atomic mass is 16.1. The van der Waals surface area contributed by atoms with Gasteiger partial charge in [0.05, 0.1) is 6.04 Å². The Morgan fingerprint density at radius 3 is 2.25 bits per heavy atom. The summed E-state index contributed by atoms with van der Waals surface area (Å²) in [7, 11) is 0. The van der Waals surface area contributed by atoms with Crippen LogP contribution in [0.15, 0.2) is 97.1 Å². The number of hydrogen-bond acceptors (Lipinski definition) is 2. The van der Waals surface area contributed by atoms with Crippen LogP contribution in [-0.2, 0) is 6.54 Å². The Balaban J connectivity index is 1.39. The third-order valence-electron chi connectivity index (χ3n) is 7.90. The first-order valence-corrected chi connectivity index (χ1v) is 14.0. The molecule has 4 aromatic carbocycles. The molecule has 4 nitrogen and oxygen atoms in total. The van der Waals surface area contributed by atoms with Crippen molar-refractivity contribution in [3.05, 3.63) is 131 Å².